The molecule has 0 aliphatic heterocycles. The third-order valence-electron chi connectivity index (χ3n) is 2.85. The lowest BCUT2D eigenvalue weighted by Crippen LogP contribution is -2.10. The van der Waals surface area contributed by atoms with Gasteiger partial charge in [0.1, 0.15) is 0 Å². The molecule has 0 bridgehead atoms. The second-order valence-corrected chi connectivity index (χ2v) is 4.11. The van der Waals surface area contributed by atoms with Crippen molar-refractivity contribution in [1.29, 1.82) is 0 Å². The van der Waals surface area contributed by atoms with Crippen molar-refractivity contribution in [2.45, 2.75) is 19.8 Å². The molecule has 1 aromatic carbocycles. The zero-order valence-electron chi connectivity index (χ0n) is 8.86. The summed E-state index contributed by atoms with van der Waals surface area (Å²) in [6.45, 7) is 1.99. The molecule has 0 spiro atoms. The van der Waals surface area contributed by atoms with Gasteiger partial charge >= 0.3 is 0 Å². The van der Waals surface area contributed by atoms with Gasteiger partial charge in [0, 0.05) is 11.5 Å². The fraction of sp³-hybridized carbons (Fsp3) is 0.357. The largest absolute Gasteiger partial charge is 0.285 e. The zero-order chi connectivity index (χ0) is 10.7. The molecule has 1 heteroatoms. The van der Waals surface area contributed by atoms with Gasteiger partial charge in [-0.15, -0.1) is 0 Å². The summed E-state index contributed by atoms with van der Waals surface area (Å²) in [5.74, 6) is 6.45. The van der Waals surface area contributed by atoms with Crippen LogP contribution >= 0.6 is 0 Å². The Bertz CT molecular complexity index is 404. The predicted octanol–water partition coefficient (Wildman–Crippen LogP) is 2.65. The molecule has 0 amide bonds. The lowest BCUT2D eigenvalue weighted by molar-refractivity contribution is -0.117. The Kier molecular flexibility index (Phi) is 2.87. The van der Waals surface area contributed by atoms with Gasteiger partial charge in [0.25, 0.3) is 0 Å². The van der Waals surface area contributed by atoms with E-state index in [1.165, 1.54) is 12.8 Å². The van der Waals surface area contributed by atoms with Gasteiger partial charge in [0.2, 0.25) is 5.78 Å². The van der Waals surface area contributed by atoms with Gasteiger partial charge in [0.05, 0.1) is 0 Å². The molecule has 0 N–H and O–H groups in total. The number of carbonyl (C=O) groups is 1. The van der Waals surface area contributed by atoms with Crippen LogP contribution in [0.25, 0.3) is 0 Å². The summed E-state index contributed by atoms with van der Waals surface area (Å²) in [6.07, 6.45) is 2.39. The highest BCUT2D eigenvalue weighted by atomic mass is 16.1. The minimum absolute atomic E-state index is 0.0846. The molecule has 1 nitrogen and oxygen atoms in total. The molecule has 1 aliphatic carbocycles. The first-order valence-electron chi connectivity index (χ1n) is 5.38. The Morgan fingerprint density at radius 1 is 1.33 bits per heavy atom. The molecule has 0 saturated heterocycles. The molecule has 1 fully saturated rings. The summed E-state index contributed by atoms with van der Waals surface area (Å²) < 4.78 is 0. The average molecular weight is 198 g/mol. The molecular formula is C14H14O. The summed E-state index contributed by atoms with van der Waals surface area (Å²) in [6, 6.07) is 9.64. The Labute approximate surface area is 90.5 Å². The van der Waals surface area contributed by atoms with Crippen LogP contribution in [-0.4, -0.2) is 5.78 Å². The second-order valence-electron chi connectivity index (χ2n) is 4.11. The molecule has 1 aliphatic rings. The van der Waals surface area contributed by atoms with Crippen LogP contribution in [-0.2, 0) is 4.79 Å². The van der Waals surface area contributed by atoms with E-state index in [1.54, 1.807) is 0 Å². The fourth-order valence-electron chi connectivity index (χ4n) is 1.58. The van der Waals surface area contributed by atoms with Crippen LogP contribution in [0.4, 0.5) is 0 Å². The highest BCUT2D eigenvalue weighted by Crippen LogP contribution is 2.36. The number of hydrogen-bond acceptors (Lipinski definition) is 1. The molecule has 0 aromatic heterocycles. The van der Waals surface area contributed by atoms with Crippen LogP contribution in [0.15, 0.2) is 30.3 Å². The van der Waals surface area contributed by atoms with Crippen molar-refractivity contribution >= 4 is 5.78 Å². The van der Waals surface area contributed by atoms with Crippen LogP contribution in [0, 0.1) is 23.7 Å². The second kappa shape index (κ2) is 4.31. The third kappa shape index (κ3) is 2.70. The first-order valence-corrected chi connectivity index (χ1v) is 5.38. The number of Topliss-reactive ketones (excluding diaryl/α,β-unsaturated/α-hetero) is 1. The molecule has 2 rings (SSSR count). The van der Waals surface area contributed by atoms with Gasteiger partial charge in [-0.25, -0.2) is 0 Å². The van der Waals surface area contributed by atoms with Gasteiger partial charge in [0.15, 0.2) is 0 Å². The highest BCUT2D eigenvalue weighted by Gasteiger charge is 2.31. The number of benzene rings is 1. The monoisotopic (exact) mass is 198 g/mol. The molecule has 76 valence electrons. The maximum Gasteiger partial charge on any atom is 0.208 e. The van der Waals surface area contributed by atoms with Gasteiger partial charge in [-0.3, -0.25) is 4.79 Å². The van der Waals surface area contributed by atoms with Gasteiger partial charge in [-0.2, -0.15) is 0 Å². The van der Waals surface area contributed by atoms with Crippen LogP contribution in [0.1, 0.15) is 25.3 Å². The number of rotatable bonds is 2. The van der Waals surface area contributed by atoms with Crippen molar-refractivity contribution in [2.24, 2.45) is 11.8 Å². The van der Waals surface area contributed by atoms with E-state index in [2.05, 4.69) is 11.8 Å². The van der Waals surface area contributed by atoms with Crippen molar-refractivity contribution < 1.29 is 4.79 Å². The topological polar surface area (TPSA) is 17.1 Å². The summed E-state index contributed by atoms with van der Waals surface area (Å²) in [7, 11) is 0. The van der Waals surface area contributed by atoms with E-state index in [-0.39, 0.29) is 11.7 Å². The maximum absolute atomic E-state index is 11.6. The molecule has 0 heterocycles. The van der Waals surface area contributed by atoms with Crippen molar-refractivity contribution in [3.63, 3.8) is 0 Å². The van der Waals surface area contributed by atoms with Crippen LogP contribution in [0.3, 0.4) is 0 Å². The van der Waals surface area contributed by atoms with E-state index in [4.69, 9.17) is 0 Å². The van der Waals surface area contributed by atoms with Crippen molar-refractivity contribution in [3.05, 3.63) is 35.9 Å². The number of hydrogen-bond donors (Lipinski definition) is 0. The smallest absolute Gasteiger partial charge is 0.208 e. The zero-order valence-corrected chi connectivity index (χ0v) is 8.86. The highest BCUT2D eigenvalue weighted by molar-refractivity contribution is 5.97. The van der Waals surface area contributed by atoms with Crippen molar-refractivity contribution in [3.8, 4) is 11.8 Å². The average Bonchev–Trinajstić information content (AvgIpc) is 3.10. The summed E-state index contributed by atoms with van der Waals surface area (Å²) in [4.78, 5) is 11.6. The quantitative estimate of drug-likeness (QED) is 0.668. The maximum atomic E-state index is 11.6. The molecule has 1 atom stereocenters. The lowest BCUT2D eigenvalue weighted by atomic mass is 10.0. The molecular weight excluding hydrogens is 184 g/mol. The SMILES string of the molecule is CC(C(=O)C#Cc1ccccc1)C1CC1. The normalized spacial score (nSPS) is 16.3. The third-order valence-corrected chi connectivity index (χ3v) is 2.85. The van der Waals surface area contributed by atoms with Crippen LogP contribution in [0.2, 0.25) is 0 Å². The number of carbonyl (C=O) groups excluding carboxylic acids is 1. The summed E-state index contributed by atoms with van der Waals surface area (Å²) in [5.41, 5.74) is 0.911. The Morgan fingerprint density at radius 3 is 2.60 bits per heavy atom. The van der Waals surface area contributed by atoms with E-state index < -0.39 is 0 Å². The molecule has 1 unspecified atom stereocenters. The van der Waals surface area contributed by atoms with E-state index in [0.29, 0.717) is 5.92 Å². The molecule has 15 heavy (non-hydrogen) atoms. The first kappa shape index (κ1) is 9.98. The van der Waals surface area contributed by atoms with Crippen molar-refractivity contribution in [1.82, 2.24) is 0 Å². The molecule has 1 saturated carbocycles. The number of ketones is 1. The lowest BCUT2D eigenvalue weighted by Gasteiger charge is -2.01. The molecule has 0 radical (unpaired) electrons. The first-order chi connectivity index (χ1) is 7.27. The minimum atomic E-state index is 0.0846. The minimum Gasteiger partial charge on any atom is -0.285 e. The van der Waals surface area contributed by atoms with E-state index in [1.807, 2.05) is 37.3 Å². The predicted molar refractivity (Wildman–Crippen MR) is 60.2 cm³/mol. The molecule has 1 aromatic rings. The van der Waals surface area contributed by atoms with Gasteiger partial charge < -0.3 is 0 Å². The summed E-state index contributed by atoms with van der Waals surface area (Å²) >= 11 is 0. The Balaban J connectivity index is 2.02. The standard InChI is InChI=1S/C14H14O/c1-11(13-8-9-13)14(15)10-7-12-5-3-2-4-6-12/h2-6,11,13H,8-9H2,1H3. The van der Waals surface area contributed by atoms with Crippen molar-refractivity contribution in [2.75, 3.05) is 0 Å². The van der Waals surface area contributed by atoms with Gasteiger partial charge in [-0.05, 0) is 36.8 Å². The fourth-order valence-corrected chi connectivity index (χ4v) is 1.58. The van der Waals surface area contributed by atoms with E-state index in [0.717, 1.165) is 5.56 Å². The van der Waals surface area contributed by atoms with E-state index in [9.17, 15) is 4.79 Å². The van der Waals surface area contributed by atoms with Gasteiger partial charge in [-0.1, -0.05) is 31.0 Å². The van der Waals surface area contributed by atoms with Crippen LogP contribution in [0.5, 0.6) is 0 Å². The van der Waals surface area contributed by atoms with Crippen LogP contribution < -0.4 is 0 Å². The van der Waals surface area contributed by atoms with E-state index >= 15 is 0 Å². The Morgan fingerprint density at radius 2 is 2.00 bits per heavy atom. The summed E-state index contributed by atoms with van der Waals surface area (Å²) in [5, 5.41) is 0. The Hall–Kier alpha value is -1.55.